The quantitative estimate of drug-likeness (QED) is 0.754. The molecular formula is C20H31N5O3. The molecule has 0 spiro atoms. The minimum atomic E-state index is 0.0405. The summed E-state index contributed by atoms with van der Waals surface area (Å²) in [5, 5.41) is 9.85. The van der Waals surface area contributed by atoms with Gasteiger partial charge in [0.2, 0.25) is 5.91 Å². The molecule has 0 aromatic carbocycles. The van der Waals surface area contributed by atoms with Crippen molar-refractivity contribution in [3.8, 4) is 0 Å². The molecule has 154 valence electrons. The van der Waals surface area contributed by atoms with Gasteiger partial charge in [-0.1, -0.05) is 6.42 Å². The lowest BCUT2D eigenvalue weighted by Gasteiger charge is -2.56. The molecule has 3 saturated heterocycles. The Kier molecular flexibility index (Phi) is 5.96. The molecule has 2 amide bonds. The van der Waals surface area contributed by atoms with E-state index in [0.717, 1.165) is 26.1 Å². The van der Waals surface area contributed by atoms with Crippen LogP contribution < -0.4 is 5.32 Å². The first-order valence-corrected chi connectivity index (χ1v) is 10.5. The van der Waals surface area contributed by atoms with Crippen LogP contribution in [0.25, 0.3) is 0 Å². The van der Waals surface area contributed by atoms with Crippen molar-refractivity contribution in [3.63, 3.8) is 0 Å². The molecule has 28 heavy (non-hydrogen) atoms. The van der Waals surface area contributed by atoms with Gasteiger partial charge in [-0.15, -0.1) is 0 Å². The van der Waals surface area contributed by atoms with Crippen LogP contribution in [0.5, 0.6) is 0 Å². The normalized spacial score (nSPS) is 30.0. The van der Waals surface area contributed by atoms with Crippen molar-refractivity contribution in [2.24, 2.45) is 11.8 Å². The predicted octanol–water partition coefficient (Wildman–Crippen LogP) is 0.877. The van der Waals surface area contributed by atoms with Crippen LogP contribution in [-0.2, 0) is 9.53 Å². The van der Waals surface area contributed by atoms with Crippen LogP contribution in [-0.4, -0.2) is 83.8 Å². The lowest BCUT2D eigenvalue weighted by atomic mass is 9.72. The number of nitrogens with zero attached hydrogens (tertiary/aromatic N) is 3. The van der Waals surface area contributed by atoms with Gasteiger partial charge in [-0.2, -0.15) is 5.10 Å². The van der Waals surface area contributed by atoms with Crippen LogP contribution in [0.3, 0.4) is 0 Å². The summed E-state index contributed by atoms with van der Waals surface area (Å²) in [6.45, 7) is 3.77. The Bertz CT molecular complexity index is 679. The predicted molar refractivity (Wildman–Crippen MR) is 104 cm³/mol. The van der Waals surface area contributed by atoms with Gasteiger partial charge >= 0.3 is 0 Å². The smallest absolute Gasteiger partial charge is 0.271 e. The first-order valence-electron chi connectivity index (χ1n) is 10.5. The highest BCUT2D eigenvalue weighted by Crippen LogP contribution is 2.41. The molecule has 0 saturated carbocycles. The van der Waals surface area contributed by atoms with Crippen LogP contribution in [0.2, 0.25) is 0 Å². The minimum Gasteiger partial charge on any atom is -0.384 e. The molecule has 2 N–H and O–H groups in total. The summed E-state index contributed by atoms with van der Waals surface area (Å²) in [7, 11) is 1.61. The third kappa shape index (κ3) is 3.93. The Hall–Kier alpha value is -1.93. The van der Waals surface area contributed by atoms with E-state index in [0.29, 0.717) is 49.2 Å². The number of nitrogens with one attached hydrogen (secondary N) is 2. The van der Waals surface area contributed by atoms with Crippen LogP contribution in [0.1, 0.15) is 42.6 Å². The molecule has 1 aromatic heterocycles. The number of fused-ring (bicyclic) bond motifs is 4. The number of piperidine rings is 3. The number of carbonyl (C=O) groups is 2. The molecule has 0 unspecified atom stereocenters. The third-order valence-electron chi connectivity index (χ3n) is 6.68. The molecule has 0 radical (unpaired) electrons. The average Bonchev–Trinajstić information content (AvgIpc) is 3.26. The summed E-state index contributed by atoms with van der Waals surface area (Å²) in [6.07, 6.45) is 6.83. The fourth-order valence-electron chi connectivity index (χ4n) is 5.40. The maximum atomic E-state index is 12.9. The van der Waals surface area contributed by atoms with E-state index in [-0.39, 0.29) is 11.8 Å². The van der Waals surface area contributed by atoms with Crippen LogP contribution in [0.4, 0.5) is 0 Å². The molecule has 8 nitrogen and oxygen atoms in total. The lowest BCUT2D eigenvalue weighted by molar-refractivity contribution is -0.123. The molecule has 3 aliphatic rings. The maximum absolute atomic E-state index is 12.9. The highest BCUT2D eigenvalue weighted by atomic mass is 16.5. The second-order valence-corrected chi connectivity index (χ2v) is 8.35. The molecular weight excluding hydrogens is 358 g/mol. The number of carbonyl (C=O) groups excluding carboxylic acids is 2. The zero-order chi connectivity index (χ0) is 19.5. The molecule has 8 heteroatoms. The van der Waals surface area contributed by atoms with Crippen LogP contribution >= 0.6 is 0 Å². The monoisotopic (exact) mass is 389 g/mol. The average molecular weight is 390 g/mol. The Balaban J connectivity index is 1.47. The zero-order valence-corrected chi connectivity index (χ0v) is 16.6. The maximum Gasteiger partial charge on any atom is 0.271 e. The molecule has 4 atom stereocenters. The molecule has 4 rings (SSSR count). The van der Waals surface area contributed by atoms with Crippen molar-refractivity contribution in [2.75, 3.05) is 39.9 Å². The van der Waals surface area contributed by atoms with Gasteiger partial charge in [-0.3, -0.25) is 19.6 Å². The molecule has 0 aliphatic carbocycles. The fraction of sp³-hybridized carbons (Fsp3) is 0.750. The summed E-state index contributed by atoms with van der Waals surface area (Å²) in [4.78, 5) is 29.7. The number of methoxy groups -OCH3 is 1. The Morgan fingerprint density at radius 1 is 1.32 bits per heavy atom. The van der Waals surface area contributed by atoms with E-state index < -0.39 is 0 Å². The number of ether oxygens (including phenoxy) is 1. The van der Waals surface area contributed by atoms with Gasteiger partial charge in [0.25, 0.3) is 5.91 Å². The minimum absolute atomic E-state index is 0.0405. The van der Waals surface area contributed by atoms with E-state index in [2.05, 4.69) is 20.4 Å². The molecule has 1 aromatic rings. The number of amides is 2. The first kappa shape index (κ1) is 19.4. The number of hydrogen-bond donors (Lipinski definition) is 2. The van der Waals surface area contributed by atoms with Crippen molar-refractivity contribution < 1.29 is 14.3 Å². The summed E-state index contributed by atoms with van der Waals surface area (Å²) in [6, 6.07) is 2.56. The van der Waals surface area contributed by atoms with E-state index >= 15 is 0 Å². The van der Waals surface area contributed by atoms with Gasteiger partial charge in [-0.25, -0.2) is 0 Å². The lowest BCUT2D eigenvalue weighted by Crippen LogP contribution is -2.66. The zero-order valence-electron chi connectivity index (χ0n) is 16.6. The highest BCUT2D eigenvalue weighted by Gasteiger charge is 2.48. The van der Waals surface area contributed by atoms with Gasteiger partial charge in [0.1, 0.15) is 5.69 Å². The third-order valence-corrected chi connectivity index (χ3v) is 6.68. The van der Waals surface area contributed by atoms with E-state index in [9.17, 15) is 9.59 Å². The van der Waals surface area contributed by atoms with Gasteiger partial charge in [-0.05, 0) is 43.7 Å². The summed E-state index contributed by atoms with van der Waals surface area (Å²) in [5.74, 6) is 0.993. The molecule has 3 aliphatic heterocycles. The van der Waals surface area contributed by atoms with Crippen molar-refractivity contribution >= 4 is 11.8 Å². The molecule has 4 heterocycles. The Morgan fingerprint density at radius 3 is 2.96 bits per heavy atom. The van der Waals surface area contributed by atoms with Gasteiger partial charge in [0.05, 0.1) is 6.61 Å². The second-order valence-electron chi connectivity index (χ2n) is 8.35. The summed E-state index contributed by atoms with van der Waals surface area (Å²) < 4.78 is 5.01. The number of H-pyrrole nitrogens is 1. The largest absolute Gasteiger partial charge is 0.384 e. The van der Waals surface area contributed by atoms with Crippen molar-refractivity contribution in [2.45, 2.75) is 44.2 Å². The van der Waals surface area contributed by atoms with E-state index in [1.54, 1.807) is 19.4 Å². The van der Waals surface area contributed by atoms with Crippen molar-refractivity contribution in [1.82, 2.24) is 25.3 Å². The summed E-state index contributed by atoms with van der Waals surface area (Å²) >= 11 is 0. The Morgan fingerprint density at radius 2 is 2.18 bits per heavy atom. The van der Waals surface area contributed by atoms with Crippen molar-refractivity contribution in [1.29, 1.82) is 0 Å². The van der Waals surface area contributed by atoms with E-state index in [1.807, 2.05) is 4.90 Å². The number of rotatable bonds is 6. The van der Waals surface area contributed by atoms with Gasteiger partial charge in [0, 0.05) is 51.4 Å². The number of aromatic nitrogens is 2. The van der Waals surface area contributed by atoms with Crippen LogP contribution in [0, 0.1) is 11.8 Å². The fourth-order valence-corrected chi connectivity index (χ4v) is 5.40. The van der Waals surface area contributed by atoms with E-state index in [4.69, 9.17) is 4.74 Å². The topological polar surface area (TPSA) is 90.6 Å². The van der Waals surface area contributed by atoms with Gasteiger partial charge in [0.15, 0.2) is 0 Å². The summed E-state index contributed by atoms with van der Waals surface area (Å²) in [5.41, 5.74) is 0.560. The first-order chi connectivity index (χ1) is 13.7. The second kappa shape index (κ2) is 8.61. The number of hydrogen-bond acceptors (Lipinski definition) is 5. The highest BCUT2D eigenvalue weighted by molar-refractivity contribution is 5.92. The van der Waals surface area contributed by atoms with E-state index in [1.165, 1.54) is 19.3 Å². The van der Waals surface area contributed by atoms with Crippen molar-refractivity contribution in [3.05, 3.63) is 18.0 Å². The van der Waals surface area contributed by atoms with Gasteiger partial charge < -0.3 is 15.0 Å². The Labute approximate surface area is 166 Å². The SMILES string of the molecule is COCCC(=O)NC[C@H]1[C@H]2C[C@@H](CN(C(=O)c3ccn[nH]3)C2)[C@@H]2CCCCN21. The molecule has 2 bridgehead atoms. The van der Waals surface area contributed by atoms with Crippen LogP contribution in [0.15, 0.2) is 12.3 Å². The molecule has 3 fully saturated rings. The standard InChI is InChI=1S/C20H31N5O3/c1-28-9-6-19(26)21-11-18-15-10-14(17-4-2-3-8-25(17)18)12-24(13-15)20(27)16-5-7-22-23-16/h5,7,14-15,17-18H,2-4,6,8-13H2,1H3,(H,21,26)(H,22,23)/t14-,15-,17-,18-/m0/s1. The number of aromatic amines is 1. The number of likely N-dealkylation sites (tertiary alicyclic amines) is 1.